The van der Waals surface area contributed by atoms with Crippen LogP contribution in [0.1, 0.15) is 10.4 Å². The SMILES string of the molecule is C#CCNC(=O)c1cn(C)[nH]c1=O. The van der Waals surface area contributed by atoms with Crippen LogP contribution in [0, 0.1) is 12.3 Å². The Morgan fingerprint density at radius 3 is 3.00 bits per heavy atom. The summed E-state index contributed by atoms with van der Waals surface area (Å²) in [6.07, 6.45) is 6.35. The van der Waals surface area contributed by atoms with Crippen LogP contribution in [0.15, 0.2) is 11.0 Å². The minimum Gasteiger partial charge on any atom is -0.341 e. The lowest BCUT2D eigenvalue weighted by Crippen LogP contribution is -2.27. The van der Waals surface area contributed by atoms with Crippen LogP contribution in [0.25, 0.3) is 0 Å². The standard InChI is InChI=1S/C8H9N3O2/c1-3-4-9-7(12)6-5-11(2)10-8(6)13/h1,5H,4H2,2H3,(H,9,12)(H,10,13). The van der Waals surface area contributed by atoms with Gasteiger partial charge in [-0.15, -0.1) is 6.42 Å². The van der Waals surface area contributed by atoms with E-state index in [0.29, 0.717) is 0 Å². The maximum Gasteiger partial charge on any atom is 0.276 e. The molecule has 0 aliphatic rings. The molecule has 0 unspecified atom stereocenters. The van der Waals surface area contributed by atoms with Gasteiger partial charge in [-0.2, -0.15) is 0 Å². The van der Waals surface area contributed by atoms with Gasteiger partial charge < -0.3 is 5.32 Å². The molecule has 0 spiro atoms. The predicted octanol–water partition coefficient (Wildman–Crippen LogP) is -0.924. The molecule has 1 aromatic heterocycles. The lowest BCUT2D eigenvalue weighted by molar-refractivity contribution is 0.0957. The maximum absolute atomic E-state index is 11.2. The Balaban J connectivity index is 2.84. The first kappa shape index (κ1) is 9.13. The van der Waals surface area contributed by atoms with Crippen LogP contribution in [-0.2, 0) is 7.05 Å². The number of amides is 1. The molecule has 68 valence electrons. The van der Waals surface area contributed by atoms with Crippen molar-refractivity contribution in [2.75, 3.05) is 6.54 Å². The second-order valence-corrected chi connectivity index (χ2v) is 2.48. The first-order valence-electron chi connectivity index (χ1n) is 3.62. The van der Waals surface area contributed by atoms with Crippen molar-refractivity contribution in [3.8, 4) is 12.3 Å². The molecule has 5 heteroatoms. The van der Waals surface area contributed by atoms with Gasteiger partial charge >= 0.3 is 0 Å². The number of hydrogen-bond acceptors (Lipinski definition) is 2. The third kappa shape index (κ3) is 1.99. The normalized spacial score (nSPS) is 9.23. The highest BCUT2D eigenvalue weighted by molar-refractivity contribution is 5.93. The number of aromatic nitrogens is 2. The van der Waals surface area contributed by atoms with Crippen LogP contribution < -0.4 is 10.9 Å². The summed E-state index contributed by atoms with van der Waals surface area (Å²) in [7, 11) is 1.62. The van der Waals surface area contributed by atoms with E-state index in [9.17, 15) is 9.59 Å². The highest BCUT2D eigenvalue weighted by Crippen LogP contribution is 1.87. The molecule has 0 bridgehead atoms. The van der Waals surface area contributed by atoms with Crippen LogP contribution in [0.2, 0.25) is 0 Å². The molecule has 0 aliphatic carbocycles. The lowest BCUT2D eigenvalue weighted by Gasteiger charge is -1.94. The van der Waals surface area contributed by atoms with E-state index in [0.717, 1.165) is 0 Å². The largest absolute Gasteiger partial charge is 0.341 e. The monoisotopic (exact) mass is 179 g/mol. The summed E-state index contributed by atoms with van der Waals surface area (Å²) in [5, 5.41) is 4.81. The van der Waals surface area contributed by atoms with Gasteiger partial charge in [0.05, 0.1) is 6.54 Å². The van der Waals surface area contributed by atoms with E-state index in [1.807, 2.05) is 0 Å². The lowest BCUT2D eigenvalue weighted by atomic mass is 10.3. The van der Waals surface area contributed by atoms with E-state index >= 15 is 0 Å². The summed E-state index contributed by atoms with van der Waals surface area (Å²) in [4.78, 5) is 22.3. The van der Waals surface area contributed by atoms with Crippen molar-refractivity contribution in [2.45, 2.75) is 0 Å². The quantitative estimate of drug-likeness (QED) is 0.576. The van der Waals surface area contributed by atoms with Crippen molar-refractivity contribution >= 4 is 5.91 Å². The highest BCUT2D eigenvalue weighted by Gasteiger charge is 2.10. The molecule has 1 rings (SSSR count). The molecular weight excluding hydrogens is 170 g/mol. The number of aryl methyl sites for hydroxylation is 1. The summed E-state index contributed by atoms with van der Waals surface area (Å²) in [5.74, 6) is 1.79. The van der Waals surface area contributed by atoms with Gasteiger partial charge in [-0.05, 0) is 0 Å². The fourth-order valence-corrected chi connectivity index (χ4v) is 0.893. The third-order valence-corrected chi connectivity index (χ3v) is 1.44. The van der Waals surface area contributed by atoms with Crippen molar-refractivity contribution < 1.29 is 4.79 Å². The number of aromatic amines is 1. The van der Waals surface area contributed by atoms with E-state index in [-0.39, 0.29) is 12.1 Å². The highest BCUT2D eigenvalue weighted by atomic mass is 16.2. The molecule has 2 N–H and O–H groups in total. The average molecular weight is 179 g/mol. The van der Waals surface area contributed by atoms with Crippen LogP contribution in [0.3, 0.4) is 0 Å². The summed E-state index contributed by atoms with van der Waals surface area (Å²) in [6.45, 7) is 0.118. The predicted molar refractivity (Wildman–Crippen MR) is 47.2 cm³/mol. The van der Waals surface area contributed by atoms with Crippen molar-refractivity contribution in [3.63, 3.8) is 0 Å². The molecule has 0 radical (unpaired) electrons. The summed E-state index contributed by atoms with van der Waals surface area (Å²) >= 11 is 0. The zero-order valence-corrected chi connectivity index (χ0v) is 7.13. The summed E-state index contributed by atoms with van der Waals surface area (Å²) in [6, 6.07) is 0. The van der Waals surface area contributed by atoms with Crippen LogP contribution in [-0.4, -0.2) is 22.2 Å². The molecule has 5 nitrogen and oxygen atoms in total. The summed E-state index contributed by atoms with van der Waals surface area (Å²) < 4.78 is 1.41. The number of nitrogens with zero attached hydrogens (tertiary/aromatic N) is 1. The fraction of sp³-hybridized carbons (Fsp3) is 0.250. The van der Waals surface area contributed by atoms with E-state index in [1.165, 1.54) is 10.9 Å². The van der Waals surface area contributed by atoms with Gasteiger partial charge in [-0.25, -0.2) is 0 Å². The number of H-pyrrole nitrogens is 1. The van der Waals surface area contributed by atoms with Gasteiger partial charge in [0.2, 0.25) is 0 Å². The smallest absolute Gasteiger partial charge is 0.276 e. The molecule has 0 aromatic carbocycles. The van der Waals surface area contributed by atoms with Gasteiger partial charge in [0.1, 0.15) is 5.56 Å². The fourth-order valence-electron chi connectivity index (χ4n) is 0.893. The first-order valence-corrected chi connectivity index (χ1v) is 3.62. The van der Waals surface area contributed by atoms with E-state index in [1.54, 1.807) is 7.05 Å². The summed E-state index contributed by atoms with van der Waals surface area (Å²) in [5.41, 5.74) is -0.352. The minimum absolute atomic E-state index is 0.0674. The zero-order chi connectivity index (χ0) is 9.84. The molecule has 0 fully saturated rings. The van der Waals surface area contributed by atoms with E-state index in [4.69, 9.17) is 6.42 Å². The molecule has 1 amide bonds. The van der Waals surface area contributed by atoms with Gasteiger partial charge in [-0.3, -0.25) is 19.4 Å². The van der Waals surface area contributed by atoms with E-state index < -0.39 is 11.5 Å². The molecule has 0 aliphatic heterocycles. The number of nitrogens with one attached hydrogen (secondary N) is 2. The van der Waals surface area contributed by atoms with Crippen LogP contribution >= 0.6 is 0 Å². The van der Waals surface area contributed by atoms with Crippen molar-refractivity contribution in [3.05, 3.63) is 22.1 Å². The zero-order valence-electron chi connectivity index (χ0n) is 7.13. The van der Waals surface area contributed by atoms with Crippen LogP contribution in [0.4, 0.5) is 0 Å². The molecule has 0 atom stereocenters. The molecule has 1 heterocycles. The topological polar surface area (TPSA) is 66.9 Å². The van der Waals surface area contributed by atoms with Gasteiger partial charge in [-0.1, -0.05) is 5.92 Å². The van der Waals surface area contributed by atoms with Gasteiger partial charge in [0, 0.05) is 13.2 Å². The maximum atomic E-state index is 11.2. The Bertz CT molecular complexity index is 408. The minimum atomic E-state index is -0.459. The van der Waals surface area contributed by atoms with Crippen molar-refractivity contribution in [2.24, 2.45) is 7.05 Å². The number of carbonyl (C=O) groups excluding carboxylic acids is 1. The molecular formula is C8H9N3O2. The number of terminal acetylenes is 1. The Labute approximate surface area is 74.7 Å². The molecule has 13 heavy (non-hydrogen) atoms. The Morgan fingerprint density at radius 1 is 1.85 bits per heavy atom. The van der Waals surface area contributed by atoms with Gasteiger partial charge in [0.25, 0.3) is 11.5 Å². The molecule has 0 saturated heterocycles. The van der Waals surface area contributed by atoms with Gasteiger partial charge in [0.15, 0.2) is 0 Å². The Kier molecular flexibility index (Phi) is 2.55. The number of rotatable bonds is 2. The van der Waals surface area contributed by atoms with E-state index in [2.05, 4.69) is 16.3 Å². The number of carbonyl (C=O) groups is 1. The third-order valence-electron chi connectivity index (χ3n) is 1.44. The van der Waals surface area contributed by atoms with Crippen molar-refractivity contribution in [1.82, 2.24) is 15.1 Å². The number of hydrogen-bond donors (Lipinski definition) is 2. The average Bonchev–Trinajstić information content (AvgIpc) is 2.41. The second-order valence-electron chi connectivity index (χ2n) is 2.48. The Morgan fingerprint density at radius 2 is 2.54 bits per heavy atom. The van der Waals surface area contributed by atoms with Crippen LogP contribution in [0.5, 0.6) is 0 Å². The Hall–Kier alpha value is -1.96. The van der Waals surface area contributed by atoms with Crippen molar-refractivity contribution in [1.29, 1.82) is 0 Å². The second kappa shape index (κ2) is 3.63. The molecule has 0 saturated carbocycles. The molecule has 1 aromatic rings. The first-order chi connectivity index (χ1) is 6.15.